The number of benzene rings is 1. The van der Waals surface area contributed by atoms with Crippen molar-refractivity contribution in [2.45, 2.75) is 46.6 Å². The van der Waals surface area contributed by atoms with Gasteiger partial charge in [-0.05, 0) is 46.2 Å². The highest BCUT2D eigenvalue weighted by molar-refractivity contribution is 6.25. The van der Waals surface area contributed by atoms with Crippen LogP contribution < -0.4 is 5.32 Å². The van der Waals surface area contributed by atoms with E-state index in [0.29, 0.717) is 12.2 Å². The van der Waals surface area contributed by atoms with Crippen LogP contribution in [-0.2, 0) is 19.1 Å². The van der Waals surface area contributed by atoms with E-state index in [0.717, 1.165) is 9.80 Å². The SMILES string of the molecule is CCNc1cccc2c1C(=O)N(C1CCC(=O)N(COC(=O)C(C)(C)C)C1=O)C2=O. The predicted molar refractivity (Wildman–Crippen MR) is 106 cm³/mol. The molecule has 9 heteroatoms. The number of likely N-dealkylation sites (tertiary alicyclic amines) is 1. The van der Waals surface area contributed by atoms with Crippen LogP contribution in [0.3, 0.4) is 0 Å². The van der Waals surface area contributed by atoms with Gasteiger partial charge in [0.25, 0.3) is 17.7 Å². The van der Waals surface area contributed by atoms with E-state index in [4.69, 9.17) is 4.74 Å². The van der Waals surface area contributed by atoms with Gasteiger partial charge in [0.2, 0.25) is 5.91 Å². The molecule has 1 N–H and O–H groups in total. The number of carbonyl (C=O) groups is 5. The Morgan fingerprint density at radius 2 is 1.87 bits per heavy atom. The largest absolute Gasteiger partial charge is 0.443 e. The predicted octanol–water partition coefficient (Wildman–Crippen LogP) is 1.78. The Balaban J connectivity index is 1.84. The van der Waals surface area contributed by atoms with E-state index in [1.807, 2.05) is 6.92 Å². The Labute approximate surface area is 174 Å². The van der Waals surface area contributed by atoms with Gasteiger partial charge in [-0.1, -0.05) is 6.07 Å². The number of nitrogens with zero attached hydrogens (tertiary/aromatic N) is 2. The highest BCUT2D eigenvalue weighted by Gasteiger charge is 2.48. The fourth-order valence-electron chi connectivity index (χ4n) is 3.46. The van der Waals surface area contributed by atoms with E-state index in [-0.39, 0.29) is 24.0 Å². The van der Waals surface area contributed by atoms with Crippen molar-refractivity contribution >= 4 is 35.3 Å². The Kier molecular flexibility index (Phi) is 5.65. The molecule has 2 aliphatic heterocycles. The van der Waals surface area contributed by atoms with Crippen LogP contribution in [0.15, 0.2) is 18.2 Å². The number of anilines is 1. The second-order valence-electron chi connectivity index (χ2n) is 8.26. The van der Waals surface area contributed by atoms with Crippen molar-refractivity contribution in [3.8, 4) is 0 Å². The van der Waals surface area contributed by atoms with Crippen LogP contribution in [0.5, 0.6) is 0 Å². The van der Waals surface area contributed by atoms with Crippen molar-refractivity contribution < 1.29 is 28.7 Å². The lowest BCUT2D eigenvalue weighted by molar-refractivity contribution is -0.168. The molecule has 4 amide bonds. The molecule has 0 saturated carbocycles. The number of nitrogens with one attached hydrogen (secondary N) is 1. The van der Waals surface area contributed by atoms with E-state index < -0.39 is 47.8 Å². The molecule has 2 aliphatic rings. The third-order valence-corrected chi connectivity index (χ3v) is 5.05. The van der Waals surface area contributed by atoms with E-state index in [1.54, 1.807) is 32.9 Å². The summed E-state index contributed by atoms with van der Waals surface area (Å²) in [4.78, 5) is 65.0. The number of hydrogen-bond acceptors (Lipinski definition) is 7. The first-order chi connectivity index (χ1) is 14.1. The number of carbonyl (C=O) groups excluding carboxylic acids is 5. The van der Waals surface area contributed by atoms with E-state index >= 15 is 0 Å². The molecular formula is C21H25N3O6. The number of rotatable bonds is 5. The number of amides is 4. The number of ether oxygens (including phenoxy) is 1. The molecule has 0 radical (unpaired) electrons. The zero-order valence-electron chi connectivity index (χ0n) is 17.5. The van der Waals surface area contributed by atoms with Gasteiger partial charge in [0.15, 0.2) is 6.73 Å². The summed E-state index contributed by atoms with van der Waals surface area (Å²) in [6.45, 7) is 6.83. The van der Waals surface area contributed by atoms with E-state index in [1.165, 1.54) is 6.07 Å². The molecule has 1 unspecified atom stereocenters. The van der Waals surface area contributed by atoms with Crippen LogP contribution in [0, 0.1) is 5.41 Å². The third-order valence-electron chi connectivity index (χ3n) is 5.05. The average Bonchev–Trinajstić information content (AvgIpc) is 2.93. The Bertz CT molecular complexity index is 933. The van der Waals surface area contributed by atoms with E-state index in [2.05, 4.69) is 5.32 Å². The van der Waals surface area contributed by atoms with Gasteiger partial charge in [0.1, 0.15) is 6.04 Å². The van der Waals surface area contributed by atoms with Crippen molar-refractivity contribution in [1.82, 2.24) is 9.80 Å². The second-order valence-corrected chi connectivity index (χ2v) is 8.26. The molecule has 2 heterocycles. The van der Waals surface area contributed by atoms with E-state index in [9.17, 15) is 24.0 Å². The molecule has 0 bridgehead atoms. The smallest absolute Gasteiger partial charge is 0.312 e. The first kappa shape index (κ1) is 21.5. The van der Waals surface area contributed by atoms with Crippen LogP contribution in [0.4, 0.5) is 5.69 Å². The van der Waals surface area contributed by atoms with Crippen LogP contribution in [0.1, 0.15) is 61.3 Å². The summed E-state index contributed by atoms with van der Waals surface area (Å²) in [6, 6.07) is 3.77. The van der Waals surface area contributed by atoms with Crippen molar-refractivity contribution in [2.75, 3.05) is 18.6 Å². The lowest BCUT2D eigenvalue weighted by Crippen LogP contribution is -2.56. The monoisotopic (exact) mass is 415 g/mol. The molecule has 0 aromatic heterocycles. The Morgan fingerprint density at radius 1 is 1.17 bits per heavy atom. The summed E-state index contributed by atoms with van der Waals surface area (Å²) in [5.74, 6) is -2.96. The maximum absolute atomic E-state index is 13.1. The fourth-order valence-corrected chi connectivity index (χ4v) is 3.46. The van der Waals surface area contributed by atoms with Crippen molar-refractivity contribution in [2.24, 2.45) is 5.41 Å². The number of esters is 1. The lowest BCUT2D eigenvalue weighted by atomic mass is 9.97. The minimum absolute atomic E-state index is 0.0311. The van der Waals surface area contributed by atoms with Crippen LogP contribution in [0.2, 0.25) is 0 Å². The molecule has 1 aromatic rings. The number of hydrogen-bond donors (Lipinski definition) is 1. The number of imide groups is 2. The molecule has 160 valence electrons. The molecule has 1 atom stereocenters. The molecule has 1 fully saturated rings. The molecule has 0 aliphatic carbocycles. The first-order valence-electron chi connectivity index (χ1n) is 9.84. The quantitative estimate of drug-likeness (QED) is 0.576. The van der Waals surface area contributed by atoms with Crippen LogP contribution >= 0.6 is 0 Å². The summed E-state index contributed by atoms with van der Waals surface area (Å²) < 4.78 is 5.11. The summed E-state index contributed by atoms with van der Waals surface area (Å²) in [5, 5.41) is 3.05. The maximum atomic E-state index is 13.1. The lowest BCUT2D eigenvalue weighted by Gasteiger charge is -2.34. The molecule has 1 saturated heterocycles. The van der Waals surface area contributed by atoms with Crippen molar-refractivity contribution in [1.29, 1.82) is 0 Å². The number of fused-ring (bicyclic) bond motifs is 1. The molecule has 0 spiro atoms. The first-order valence-corrected chi connectivity index (χ1v) is 9.84. The Morgan fingerprint density at radius 3 is 2.50 bits per heavy atom. The second kappa shape index (κ2) is 7.89. The molecule has 9 nitrogen and oxygen atoms in total. The zero-order valence-corrected chi connectivity index (χ0v) is 17.5. The minimum Gasteiger partial charge on any atom is -0.443 e. The summed E-state index contributed by atoms with van der Waals surface area (Å²) in [7, 11) is 0. The fraction of sp³-hybridized carbons (Fsp3) is 0.476. The topological polar surface area (TPSA) is 113 Å². The van der Waals surface area contributed by atoms with Gasteiger partial charge < -0.3 is 10.1 Å². The van der Waals surface area contributed by atoms with Gasteiger partial charge in [0, 0.05) is 18.7 Å². The number of piperidine rings is 1. The summed E-state index contributed by atoms with van der Waals surface area (Å²) in [5.41, 5.74) is 0.159. The van der Waals surface area contributed by atoms with Gasteiger partial charge in [-0.25, -0.2) is 4.90 Å². The van der Waals surface area contributed by atoms with Gasteiger partial charge >= 0.3 is 5.97 Å². The molecule has 3 rings (SSSR count). The van der Waals surface area contributed by atoms with Crippen molar-refractivity contribution in [3.63, 3.8) is 0 Å². The van der Waals surface area contributed by atoms with Gasteiger partial charge in [-0.3, -0.25) is 28.9 Å². The minimum atomic E-state index is -1.13. The average molecular weight is 415 g/mol. The van der Waals surface area contributed by atoms with Gasteiger partial charge in [-0.15, -0.1) is 0 Å². The molecule has 30 heavy (non-hydrogen) atoms. The standard InChI is InChI=1S/C21H25N3O6/c1-5-22-13-8-6-7-12-16(13)19(28)24(17(12)26)14-9-10-15(25)23(18(14)27)11-30-20(29)21(2,3)4/h6-8,14,22H,5,9-11H2,1-4H3. The van der Waals surface area contributed by atoms with Crippen LogP contribution in [0.25, 0.3) is 0 Å². The van der Waals surface area contributed by atoms with Crippen LogP contribution in [-0.4, -0.2) is 58.7 Å². The van der Waals surface area contributed by atoms with Crippen molar-refractivity contribution in [3.05, 3.63) is 29.3 Å². The maximum Gasteiger partial charge on any atom is 0.312 e. The molecule has 1 aromatic carbocycles. The highest BCUT2D eigenvalue weighted by Crippen LogP contribution is 2.33. The summed E-state index contributed by atoms with van der Waals surface area (Å²) in [6.07, 6.45) is -0.0136. The highest BCUT2D eigenvalue weighted by atomic mass is 16.5. The van der Waals surface area contributed by atoms with Gasteiger partial charge in [0.05, 0.1) is 16.5 Å². The summed E-state index contributed by atoms with van der Waals surface area (Å²) >= 11 is 0. The third kappa shape index (κ3) is 3.67. The normalized spacial score (nSPS) is 19.3. The Hall–Kier alpha value is -3.23. The van der Waals surface area contributed by atoms with Gasteiger partial charge in [-0.2, -0.15) is 0 Å². The zero-order chi connectivity index (χ0) is 22.2. The molecular weight excluding hydrogens is 390 g/mol.